The molecular formula is C19H23FN2O2. The van der Waals surface area contributed by atoms with Crippen LogP contribution in [0.25, 0.3) is 0 Å². The zero-order chi connectivity index (χ0) is 16.9. The van der Waals surface area contributed by atoms with Crippen LogP contribution in [-0.2, 0) is 9.59 Å². The largest absolute Gasteiger partial charge is 0.345 e. The number of rotatable bonds is 2. The summed E-state index contributed by atoms with van der Waals surface area (Å²) in [5.41, 5.74) is 0.655. The van der Waals surface area contributed by atoms with Crippen LogP contribution in [0.15, 0.2) is 30.3 Å². The van der Waals surface area contributed by atoms with Crippen molar-refractivity contribution < 1.29 is 14.0 Å². The standard InChI is InChI=1S/C19H23FN2O2/c1-21-11-16(13-5-3-2-4-6-13)19(18(21)24)7-8-22(12-19)17(23)14-9-15(20)10-14/h2-6,14-16H,7-12H2,1H3/t14?,15?,16-,19+/m0/s1. The third-order valence-corrected chi connectivity index (χ3v) is 6.14. The molecule has 2 amide bonds. The molecule has 1 aliphatic carbocycles. The summed E-state index contributed by atoms with van der Waals surface area (Å²) in [5, 5.41) is 0. The summed E-state index contributed by atoms with van der Waals surface area (Å²) in [5.74, 6) is 0.113. The molecule has 24 heavy (non-hydrogen) atoms. The zero-order valence-corrected chi connectivity index (χ0v) is 14.0. The maximum Gasteiger partial charge on any atom is 0.231 e. The molecule has 1 aromatic carbocycles. The van der Waals surface area contributed by atoms with Gasteiger partial charge in [0.15, 0.2) is 0 Å². The molecule has 2 atom stereocenters. The van der Waals surface area contributed by atoms with E-state index in [1.54, 1.807) is 4.90 Å². The molecule has 2 aliphatic heterocycles. The molecule has 3 aliphatic rings. The van der Waals surface area contributed by atoms with E-state index in [9.17, 15) is 14.0 Å². The predicted octanol–water partition coefficient (Wildman–Crippen LogP) is 2.21. The number of hydrogen-bond donors (Lipinski definition) is 0. The molecule has 2 saturated heterocycles. The monoisotopic (exact) mass is 330 g/mol. The fourth-order valence-electron chi connectivity index (χ4n) is 4.66. The van der Waals surface area contributed by atoms with Gasteiger partial charge in [0.05, 0.1) is 5.41 Å². The van der Waals surface area contributed by atoms with E-state index in [1.807, 2.05) is 30.1 Å². The minimum absolute atomic E-state index is 0.0370. The van der Waals surface area contributed by atoms with Crippen LogP contribution in [-0.4, -0.2) is 54.5 Å². The van der Waals surface area contributed by atoms with Crippen molar-refractivity contribution in [3.63, 3.8) is 0 Å². The van der Waals surface area contributed by atoms with Gasteiger partial charge in [0, 0.05) is 38.5 Å². The minimum Gasteiger partial charge on any atom is -0.345 e. The van der Waals surface area contributed by atoms with E-state index in [4.69, 9.17) is 0 Å². The molecule has 0 N–H and O–H groups in total. The molecule has 128 valence electrons. The molecule has 0 unspecified atom stereocenters. The van der Waals surface area contributed by atoms with Crippen molar-refractivity contribution in [1.29, 1.82) is 0 Å². The lowest BCUT2D eigenvalue weighted by Gasteiger charge is -2.33. The van der Waals surface area contributed by atoms with Crippen molar-refractivity contribution in [3.05, 3.63) is 35.9 Å². The summed E-state index contributed by atoms with van der Waals surface area (Å²) in [6, 6.07) is 10.1. The number of halogens is 1. The van der Waals surface area contributed by atoms with E-state index in [2.05, 4.69) is 12.1 Å². The average Bonchev–Trinajstić information content (AvgIpc) is 3.11. The third-order valence-electron chi connectivity index (χ3n) is 6.14. The van der Waals surface area contributed by atoms with E-state index < -0.39 is 11.6 Å². The van der Waals surface area contributed by atoms with Crippen LogP contribution in [0.4, 0.5) is 4.39 Å². The number of hydrogen-bond acceptors (Lipinski definition) is 2. The molecule has 0 radical (unpaired) electrons. The molecule has 0 bridgehead atoms. The molecule has 5 heteroatoms. The van der Waals surface area contributed by atoms with Gasteiger partial charge < -0.3 is 9.80 Å². The number of likely N-dealkylation sites (tertiary alicyclic amines) is 2. The highest BCUT2D eigenvalue weighted by Crippen LogP contribution is 2.50. The maximum absolute atomic E-state index is 13.1. The van der Waals surface area contributed by atoms with Crippen LogP contribution >= 0.6 is 0 Å². The van der Waals surface area contributed by atoms with Crippen molar-refractivity contribution in [2.75, 3.05) is 26.7 Å². The first-order valence-corrected chi connectivity index (χ1v) is 8.74. The van der Waals surface area contributed by atoms with Crippen LogP contribution in [0.2, 0.25) is 0 Å². The Morgan fingerprint density at radius 3 is 2.62 bits per heavy atom. The molecule has 2 heterocycles. The van der Waals surface area contributed by atoms with Gasteiger partial charge in [-0.25, -0.2) is 4.39 Å². The Labute approximate surface area is 141 Å². The molecule has 3 fully saturated rings. The quantitative estimate of drug-likeness (QED) is 0.834. The normalized spacial score (nSPS) is 35.6. The van der Waals surface area contributed by atoms with Gasteiger partial charge in [-0.1, -0.05) is 30.3 Å². The lowest BCUT2D eigenvalue weighted by molar-refractivity contribution is -0.140. The molecule has 4 rings (SSSR count). The molecule has 0 aromatic heterocycles. The van der Waals surface area contributed by atoms with E-state index in [-0.39, 0.29) is 23.7 Å². The van der Waals surface area contributed by atoms with Gasteiger partial charge in [-0.2, -0.15) is 0 Å². The van der Waals surface area contributed by atoms with Gasteiger partial charge >= 0.3 is 0 Å². The first-order chi connectivity index (χ1) is 11.5. The molecule has 1 aromatic rings. The van der Waals surface area contributed by atoms with Crippen molar-refractivity contribution in [2.24, 2.45) is 11.3 Å². The first kappa shape index (κ1) is 15.6. The highest BCUT2D eigenvalue weighted by Gasteiger charge is 2.57. The van der Waals surface area contributed by atoms with Crippen molar-refractivity contribution in [3.8, 4) is 0 Å². The highest BCUT2D eigenvalue weighted by molar-refractivity contribution is 5.89. The van der Waals surface area contributed by atoms with Crippen molar-refractivity contribution in [2.45, 2.75) is 31.4 Å². The number of nitrogens with zero attached hydrogens (tertiary/aromatic N) is 2. The second kappa shape index (κ2) is 5.57. The number of likely N-dealkylation sites (N-methyl/N-ethyl adjacent to an activating group) is 1. The van der Waals surface area contributed by atoms with Gasteiger partial charge in [-0.15, -0.1) is 0 Å². The summed E-state index contributed by atoms with van der Waals surface area (Å²) in [6.07, 6.45) is 0.566. The first-order valence-electron chi connectivity index (χ1n) is 8.74. The smallest absolute Gasteiger partial charge is 0.231 e. The van der Waals surface area contributed by atoms with Gasteiger partial charge in [0.2, 0.25) is 11.8 Å². The van der Waals surface area contributed by atoms with E-state index in [0.29, 0.717) is 38.9 Å². The molecule has 1 saturated carbocycles. The summed E-state index contributed by atoms with van der Waals surface area (Å²) in [6.45, 7) is 1.78. The van der Waals surface area contributed by atoms with Crippen LogP contribution < -0.4 is 0 Å². The SMILES string of the molecule is CN1C[C@@H](c2ccccc2)[C@]2(CCN(C(=O)C3CC(F)C3)C2)C1=O. The minimum atomic E-state index is -0.827. The number of carbonyl (C=O) groups excluding carboxylic acids is 2. The van der Waals surface area contributed by atoms with Crippen LogP contribution in [0.1, 0.15) is 30.7 Å². The van der Waals surface area contributed by atoms with Crippen LogP contribution in [0, 0.1) is 11.3 Å². The van der Waals surface area contributed by atoms with Crippen molar-refractivity contribution >= 4 is 11.8 Å². The summed E-state index contributed by atoms with van der Waals surface area (Å²) >= 11 is 0. The van der Waals surface area contributed by atoms with Gasteiger partial charge in [-0.3, -0.25) is 9.59 Å². The van der Waals surface area contributed by atoms with E-state index >= 15 is 0 Å². The lowest BCUT2D eigenvalue weighted by Crippen LogP contribution is -2.44. The number of benzene rings is 1. The van der Waals surface area contributed by atoms with Crippen molar-refractivity contribution in [1.82, 2.24) is 9.80 Å². The summed E-state index contributed by atoms with van der Waals surface area (Å²) in [7, 11) is 1.84. The topological polar surface area (TPSA) is 40.6 Å². The fourth-order valence-corrected chi connectivity index (χ4v) is 4.66. The Morgan fingerprint density at radius 1 is 1.25 bits per heavy atom. The lowest BCUT2D eigenvalue weighted by atomic mass is 9.73. The third kappa shape index (κ3) is 2.25. The van der Waals surface area contributed by atoms with E-state index in [0.717, 1.165) is 5.56 Å². The molecule has 4 nitrogen and oxygen atoms in total. The fraction of sp³-hybridized carbons (Fsp3) is 0.579. The second-order valence-corrected chi connectivity index (χ2v) is 7.58. The summed E-state index contributed by atoms with van der Waals surface area (Å²) < 4.78 is 13.1. The van der Waals surface area contributed by atoms with Crippen LogP contribution in [0.5, 0.6) is 0 Å². The van der Waals surface area contributed by atoms with Crippen LogP contribution in [0.3, 0.4) is 0 Å². The highest BCUT2D eigenvalue weighted by atomic mass is 19.1. The second-order valence-electron chi connectivity index (χ2n) is 7.58. The number of carbonyl (C=O) groups is 2. The van der Waals surface area contributed by atoms with E-state index in [1.165, 1.54) is 0 Å². The Bertz CT molecular complexity index is 659. The maximum atomic E-state index is 13.1. The Hall–Kier alpha value is -1.91. The Balaban J connectivity index is 1.58. The zero-order valence-electron chi connectivity index (χ0n) is 14.0. The summed E-state index contributed by atoms with van der Waals surface area (Å²) in [4.78, 5) is 29.1. The molecular weight excluding hydrogens is 307 g/mol. The average molecular weight is 330 g/mol. The van der Waals surface area contributed by atoms with Gasteiger partial charge in [0.1, 0.15) is 6.17 Å². The van der Waals surface area contributed by atoms with Gasteiger partial charge in [0.25, 0.3) is 0 Å². The Morgan fingerprint density at radius 2 is 1.96 bits per heavy atom. The van der Waals surface area contributed by atoms with Gasteiger partial charge in [-0.05, 0) is 24.8 Å². The number of alkyl halides is 1. The predicted molar refractivity (Wildman–Crippen MR) is 88.1 cm³/mol. The molecule has 1 spiro atoms. The number of amides is 2. The Kier molecular flexibility index (Phi) is 3.62.